The molecule has 0 aliphatic heterocycles. The van der Waals surface area contributed by atoms with Gasteiger partial charge in [-0.15, -0.1) is 0 Å². The maximum atomic E-state index is 6.47. The Hall–Kier alpha value is -0.540. The summed E-state index contributed by atoms with van der Waals surface area (Å²) in [7, 11) is 0. The van der Waals surface area contributed by atoms with Gasteiger partial charge in [-0.1, -0.05) is 39.3 Å². The van der Waals surface area contributed by atoms with Crippen molar-refractivity contribution in [1.29, 1.82) is 0 Å². The second kappa shape index (κ2) is 7.46. The van der Waals surface area contributed by atoms with Gasteiger partial charge in [-0.3, -0.25) is 4.68 Å². The van der Waals surface area contributed by atoms with E-state index in [-0.39, 0.29) is 5.41 Å². The first-order valence-electron chi connectivity index (χ1n) is 7.84. The molecular formula is C16H30ClN3. The number of aryl methyl sites for hydroxylation is 2. The average Bonchev–Trinajstić information content (AvgIpc) is 2.70. The molecule has 0 spiro atoms. The van der Waals surface area contributed by atoms with Crippen LogP contribution in [0.3, 0.4) is 0 Å². The number of nitrogens with zero attached hydrogens (tertiary/aromatic N) is 2. The van der Waals surface area contributed by atoms with Gasteiger partial charge in [0.25, 0.3) is 0 Å². The number of hydrogen-bond acceptors (Lipinski definition) is 2. The van der Waals surface area contributed by atoms with Gasteiger partial charge in [-0.25, -0.2) is 0 Å². The molecule has 116 valence electrons. The predicted molar refractivity (Wildman–Crippen MR) is 87.5 cm³/mol. The summed E-state index contributed by atoms with van der Waals surface area (Å²) in [4.78, 5) is 0. The third-order valence-electron chi connectivity index (χ3n) is 4.38. The molecule has 0 unspecified atom stereocenters. The van der Waals surface area contributed by atoms with E-state index in [1.165, 1.54) is 5.69 Å². The van der Waals surface area contributed by atoms with E-state index in [9.17, 15) is 0 Å². The minimum atomic E-state index is 0.257. The van der Waals surface area contributed by atoms with E-state index in [1.807, 2.05) is 6.92 Å². The van der Waals surface area contributed by atoms with Crippen LogP contribution < -0.4 is 5.32 Å². The smallest absolute Gasteiger partial charge is 0.0847 e. The average molecular weight is 300 g/mol. The van der Waals surface area contributed by atoms with Gasteiger partial charge in [0.05, 0.1) is 16.4 Å². The van der Waals surface area contributed by atoms with Crippen LogP contribution in [0.4, 0.5) is 0 Å². The Morgan fingerprint density at radius 2 is 1.85 bits per heavy atom. The number of hydrogen-bond donors (Lipinski definition) is 1. The Morgan fingerprint density at radius 1 is 1.25 bits per heavy atom. The van der Waals surface area contributed by atoms with Gasteiger partial charge in [-0.05, 0) is 38.5 Å². The van der Waals surface area contributed by atoms with Gasteiger partial charge in [-0.2, -0.15) is 5.10 Å². The first-order chi connectivity index (χ1) is 9.39. The standard InChI is InChI=1S/C16H30ClN3/c1-7-16(8-2,11-18-12(4)5)10-14-15(17)13(6)19-20(14)9-3/h12,18H,7-11H2,1-6H3. The van der Waals surface area contributed by atoms with Crippen molar-refractivity contribution in [3.05, 3.63) is 16.4 Å². The Labute approximate surface area is 129 Å². The van der Waals surface area contributed by atoms with Crippen molar-refractivity contribution < 1.29 is 0 Å². The number of rotatable bonds is 8. The zero-order valence-electron chi connectivity index (χ0n) is 13.9. The number of nitrogens with one attached hydrogen (secondary N) is 1. The zero-order valence-corrected chi connectivity index (χ0v) is 14.6. The largest absolute Gasteiger partial charge is 0.314 e. The Kier molecular flexibility index (Phi) is 6.53. The van der Waals surface area contributed by atoms with Crippen molar-refractivity contribution in [2.75, 3.05) is 6.54 Å². The van der Waals surface area contributed by atoms with Crippen LogP contribution in [0.1, 0.15) is 58.8 Å². The summed E-state index contributed by atoms with van der Waals surface area (Å²) in [6.07, 6.45) is 3.29. The van der Waals surface area contributed by atoms with Crippen molar-refractivity contribution in [3.63, 3.8) is 0 Å². The molecule has 1 aromatic rings. The molecule has 20 heavy (non-hydrogen) atoms. The molecule has 3 nitrogen and oxygen atoms in total. The highest BCUT2D eigenvalue weighted by Crippen LogP contribution is 2.34. The maximum Gasteiger partial charge on any atom is 0.0847 e. The molecule has 1 rings (SSSR count). The fourth-order valence-corrected chi connectivity index (χ4v) is 2.83. The highest BCUT2D eigenvalue weighted by Gasteiger charge is 2.29. The second-order valence-corrected chi connectivity index (χ2v) is 6.46. The van der Waals surface area contributed by atoms with Crippen molar-refractivity contribution in [2.24, 2.45) is 5.41 Å². The first kappa shape index (κ1) is 17.5. The van der Waals surface area contributed by atoms with Crippen molar-refractivity contribution in [1.82, 2.24) is 15.1 Å². The topological polar surface area (TPSA) is 29.9 Å². The molecule has 0 aliphatic carbocycles. The second-order valence-electron chi connectivity index (χ2n) is 6.08. The molecule has 0 amide bonds. The highest BCUT2D eigenvalue weighted by atomic mass is 35.5. The van der Waals surface area contributed by atoms with Crippen LogP contribution in [0.5, 0.6) is 0 Å². The normalized spacial score (nSPS) is 12.4. The van der Waals surface area contributed by atoms with Crippen LogP contribution in [-0.2, 0) is 13.0 Å². The first-order valence-corrected chi connectivity index (χ1v) is 8.22. The molecule has 0 saturated heterocycles. The summed E-state index contributed by atoms with van der Waals surface area (Å²) in [5, 5.41) is 8.99. The van der Waals surface area contributed by atoms with Crippen LogP contribution >= 0.6 is 11.6 Å². The lowest BCUT2D eigenvalue weighted by molar-refractivity contribution is 0.234. The minimum absolute atomic E-state index is 0.257. The molecule has 0 bridgehead atoms. The SMILES string of the molecule is CCn1nc(C)c(Cl)c1CC(CC)(CC)CNC(C)C. The maximum absolute atomic E-state index is 6.47. The summed E-state index contributed by atoms with van der Waals surface area (Å²) in [5.74, 6) is 0. The van der Waals surface area contributed by atoms with Gasteiger partial charge in [0, 0.05) is 19.1 Å². The highest BCUT2D eigenvalue weighted by molar-refractivity contribution is 6.31. The van der Waals surface area contributed by atoms with E-state index in [4.69, 9.17) is 11.6 Å². The lowest BCUT2D eigenvalue weighted by Gasteiger charge is -2.33. The van der Waals surface area contributed by atoms with E-state index in [1.54, 1.807) is 0 Å². The lowest BCUT2D eigenvalue weighted by atomic mass is 9.78. The molecule has 1 N–H and O–H groups in total. The molecule has 0 atom stereocenters. The quantitative estimate of drug-likeness (QED) is 0.779. The monoisotopic (exact) mass is 299 g/mol. The van der Waals surface area contributed by atoms with Gasteiger partial charge in [0.15, 0.2) is 0 Å². The molecule has 0 saturated carbocycles. The van der Waals surface area contributed by atoms with Gasteiger partial charge < -0.3 is 5.32 Å². The number of aromatic nitrogens is 2. The third-order valence-corrected chi connectivity index (χ3v) is 4.87. The van der Waals surface area contributed by atoms with E-state index in [0.29, 0.717) is 6.04 Å². The predicted octanol–water partition coefficient (Wildman–Crippen LogP) is 4.21. The Balaban J connectivity index is 3.00. The van der Waals surface area contributed by atoms with Gasteiger partial charge in [0.1, 0.15) is 0 Å². The van der Waals surface area contributed by atoms with E-state index < -0.39 is 0 Å². The lowest BCUT2D eigenvalue weighted by Crippen LogP contribution is -2.39. The molecular weight excluding hydrogens is 270 g/mol. The van der Waals surface area contributed by atoms with Crippen LogP contribution in [0.2, 0.25) is 5.02 Å². The fourth-order valence-electron chi connectivity index (χ4n) is 2.63. The molecule has 4 heteroatoms. The molecule has 0 radical (unpaired) electrons. The zero-order chi connectivity index (χ0) is 15.3. The van der Waals surface area contributed by atoms with E-state index in [2.05, 4.69) is 49.7 Å². The third kappa shape index (κ3) is 3.98. The minimum Gasteiger partial charge on any atom is -0.314 e. The van der Waals surface area contributed by atoms with Crippen molar-refractivity contribution in [3.8, 4) is 0 Å². The summed E-state index contributed by atoms with van der Waals surface area (Å²) in [6.45, 7) is 15.0. The fraction of sp³-hybridized carbons (Fsp3) is 0.812. The van der Waals surface area contributed by atoms with Crippen molar-refractivity contribution >= 4 is 11.6 Å². The van der Waals surface area contributed by atoms with Crippen LogP contribution in [0.15, 0.2) is 0 Å². The molecule has 0 aromatic carbocycles. The van der Waals surface area contributed by atoms with Crippen LogP contribution in [-0.4, -0.2) is 22.4 Å². The summed E-state index contributed by atoms with van der Waals surface area (Å²) in [6, 6.07) is 0.515. The van der Waals surface area contributed by atoms with E-state index >= 15 is 0 Å². The Bertz CT molecular complexity index is 420. The summed E-state index contributed by atoms with van der Waals surface area (Å²) < 4.78 is 2.06. The number of halogens is 1. The molecule has 1 heterocycles. The summed E-state index contributed by atoms with van der Waals surface area (Å²) >= 11 is 6.47. The van der Waals surface area contributed by atoms with Crippen LogP contribution in [0, 0.1) is 12.3 Å². The van der Waals surface area contributed by atoms with Gasteiger partial charge >= 0.3 is 0 Å². The molecule has 1 aromatic heterocycles. The Morgan fingerprint density at radius 3 is 2.30 bits per heavy atom. The summed E-state index contributed by atoms with van der Waals surface area (Å²) in [5.41, 5.74) is 2.40. The molecule has 0 aliphatic rings. The van der Waals surface area contributed by atoms with Crippen LogP contribution in [0.25, 0.3) is 0 Å². The van der Waals surface area contributed by atoms with E-state index in [0.717, 1.165) is 43.1 Å². The van der Waals surface area contributed by atoms with Gasteiger partial charge in [0.2, 0.25) is 0 Å². The molecule has 0 fully saturated rings. The van der Waals surface area contributed by atoms with Crippen molar-refractivity contribution in [2.45, 2.75) is 73.4 Å².